The Labute approximate surface area is 210 Å². The van der Waals surface area contributed by atoms with Gasteiger partial charge in [-0.05, 0) is 98.0 Å². The number of ketones is 1. The topological polar surface area (TPSA) is 91.5 Å². The number of rotatable bonds is 5. The van der Waals surface area contributed by atoms with E-state index in [1.54, 1.807) is 19.1 Å². The molecule has 1 atom stereocenters. The fourth-order valence-electron chi connectivity index (χ4n) is 5.15. The van der Waals surface area contributed by atoms with Crippen molar-refractivity contribution < 1.29 is 19.1 Å². The number of hydrogen-bond acceptors (Lipinski definition) is 5. The molecule has 0 unspecified atom stereocenters. The molecular formula is C30H30N2O4. The number of fused-ring (bicyclic) bond motifs is 1. The Hall–Kier alpha value is -3.77. The van der Waals surface area contributed by atoms with Crippen LogP contribution < -0.4 is 10.5 Å². The Morgan fingerprint density at radius 2 is 1.89 bits per heavy atom. The number of carbonyl (C=O) groups is 2. The molecule has 0 radical (unpaired) electrons. The molecule has 0 aliphatic carbocycles. The number of pyridine rings is 1. The molecule has 1 aliphatic rings. The second-order valence-electron chi connectivity index (χ2n) is 10.4. The molecule has 3 aromatic carbocycles. The summed E-state index contributed by atoms with van der Waals surface area (Å²) in [7, 11) is 0. The molecule has 0 fully saturated rings. The average molecular weight is 483 g/mol. The monoisotopic (exact) mass is 482 g/mol. The van der Waals surface area contributed by atoms with E-state index in [0.29, 0.717) is 12.2 Å². The number of nitrogens with two attached hydrogens (primary N) is 1. The minimum Gasteiger partial charge on any atom is -0.493 e. The summed E-state index contributed by atoms with van der Waals surface area (Å²) in [5.74, 6) is 0.242. The lowest BCUT2D eigenvalue weighted by Crippen LogP contribution is -2.27. The van der Waals surface area contributed by atoms with Crippen LogP contribution >= 0.6 is 0 Å². The molecule has 0 saturated heterocycles. The Morgan fingerprint density at radius 3 is 2.58 bits per heavy atom. The highest BCUT2D eigenvalue weighted by Gasteiger charge is 2.31. The molecule has 2 N–H and O–H groups in total. The van der Waals surface area contributed by atoms with E-state index in [1.165, 1.54) is 5.56 Å². The molecule has 0 bridgehead atoms. The fourth-order valence-corrected chi connectivity index (χ4v) is 5.15. The summed E-state index contributed by atoms with van der Waals surface area (Å²) in [5.41, 5.74) is 10.9. The minimum atomic E-state index is -0.776. The zero-order chi connectivity index (χ0) is 25.8. The number of Topliss-reactive ketones (excluding diaryl/α,β-unsaturated/α-hetero) is 1. The number of primary amides is 1. The third-order valence-corrected chi connectivity index (χ3v) is 6.61. The molecule has 36 heavy (non-hydrogen) atoms. The van der Waals surface area contributed by atoms with Crippen molar-refractivity contribution >= 4 is 33.4 Å². The molecule has 2 heterocycles. The highest BCUT2D eigenvalue weighted by atomic mass is 16.5. The van der Waals surface area contributed by atoms with Gasteiger partial charge < -0.3 is 15.2 Å². The van der Waals surface area contributed by atoms with Crippen LogP contribution in [-0.2, 0) is 16.0 Å². The van der Waals surface area contributed by atoms with Crippen LogP contribution in [0.4, 0.5) is 0 Å². The van der Waals surface area contributed by atoms with Crippen LogP contribution in [0.1, 0.15) is 60.8 Å². The van der Waals surface area contributed by atoms with Crippen molar-refractivity contribution in [1.29, 1.82) is 0 Å². The molecule has 6 heteroatoms. The summed E-state index contributed by atoms with van der Waals surface area (Å²) in [6, 6.07) is 13.4. The zero-order valence-corrected chi connectivity index (χ0v) is 21.3. The Kier molecular flexibility index (Phi) is 5.80. The number of carbonyl (C=O) groups excluding carboxylic acids is 2. The second-order valence-corrected chi connectivity index (χ2v) is 10.4. The fraction of sp³-hybridized carbons (Fsp3) is 0.300. The molecule has 184 valence electrons. The lowest BCUT2D eigenvalue weighted by Gasteiger charge is -2.30. The van der Waals surface area contributed by atoms with Crippen molar-refractivity contribution in [2.75, 3.05) is 6.61 Å². The van der Waals surface area contributed by atoms with Crippen LogP contribution in [0.3, 0.4) is 0 Å². The van der Waals surface area contributed by atoms with Crippen molar-refractivity contribution in [3.8, 4) is 16.9 Å². The minimum absolute atomic E-state index is 0.0820. The van der Waals surface area contributed by atoms with E-state index >= 15 is 0 Å². The predicted molar refractivity (Wildman–Crippen MR) is 141 cm³/mol. The van der Waals surface area contributed by atoms with Gasteiger partial charge in [0.1, 0.15) is 11.9 Å². The van der Waals surface area contributed by atoms with Crippen LogP contribution in [0.15, 0.2) is 48.7 Å². The van der Waals surface area contributed by atoms with Crippen molar-refractivity contribution in [2.24, 2.45) is 5.73 Å². The van der Waals surface area contributed by atoms with Gasteiger partial charge >= 0.3 is 0 Å². The first-order valence-corrected chi connectivity index (χ1v) is 12.1. The molecule has 5 rings (SSSR count). The molecule has 1 amide bonds. The number of nitrogens with zero attached hydrogens (tertiary/aromatic N) is 1. The summed E-state index contributed by atoms with van der Waals surface area (Å²) in [6.07, 6.45) is 1.86. The quantitative estimate of drug-likeness (QED) is 0.386. The van der Waals surface area contributed by atoms with Gasteiger partial charge in [-0.15, -0.1) is 0 Å². The zero-order valence-electron chi connectivity index (χ0n) is 21.3. The first-order chi connectivity index (χ1) is 17.0. The summed E-state index contributed by atoms with van der Waals surface area (Å²) in [4.78, 5) is 29.8. The van der Waals surface area contributed by atoms with E-state index in [1.807, 2.05) is 64.2 Å². The van der Waals surface area contributed by atoms with E-state index < -0.39 is 17.6 Å². The predicted octanol–water partition coefficient (Wildman–Crippen LogP) is 5.84. The van der Waals surface area contributed by atoms with Crippen molar-refractivity contribution in [2.45, 2.75) is 52.7 Å². The summed E-state index contributed by atoms with van der Waals surface area (Å²) in [6.45, 7) is 9.99. The molecule has 6 nitrogen and oxygen atoms in total. The number of amides is 1. The van der Waals surface area contributed by atoms with Gasteiger partial charge in [-0.25, -0.2) is 0 Å². The van der Waals surface area contributed by atoms with Crippen LogP contribution in [0, 0.1) is 6.92 Å². The molecule has 0 spiro atoms. The van der Waals surface area contributed by atoms with Crippen molar-refractivity contribution in [3.63, 3.8) is 0 Å². The molecule has 1 aliphatic heterocycles. The Balaban J connectivity index is 1.92. The standard InChI is InChI=1S/C30H30N2O4/c1-16-14-20-15-19(29(31)34)6-7-21(20)26(24(16)28(17(2)33)36-30(3,4)5)22-8-9-23-25-18(11-13-35-23)10-12-32-27(22)25/h6-10,12,14-15,28H,11,13H2,1-5H3,(H2,31,34)/t28-/m1/s1. The van der Waals surface area contributed by atoms with Crippen molar-refractivity contribution in [3.05, 3.63) is 70.9 Å². The third kappa shape index (κ3) is 4.11. The van der Waals surface area contributed by atoms with E-state index in [-0.39, 0.29) is 5.78 Å². The van der Waals surface area contributed by atoms with Crippen LogP contribution in [0.25, 0.3) is 32.8 Å². The van der Waals surface area contributed by atoms with Gasteiger partial charge in [-0.2, -0.15) is 0 Å². The number of benzene rings is 3. The van der Waals surface area contributed by atoms with Crippen LogP contribution in [-0.4, -0.2) is 28.9 Å². The number of aryl methyl sites for hydroxylation is 1. The van der Waals surface area contributed by atoms with E-state index in [9.17, 15) is 9.59 Å². The van der Waals surface area contributed by atoms with Gasteiger partial charge in [-0.3, -0.25) is 14.6 Å². The van der Waals surface area contributed by atoms with Gasteiger partial charge in [0.2, 0.25) is 5.91 Å². The maximum atomic E-state index is 13.0. The van der Waals surface area contributed by atoms with Gasteiger partial charge in [-0.1, -0.05) is 12.1 Å². The number of ether oxygens (including phenoxy) is 2. The van der Waals surface area contributed by atoms with Crippen molar-refractivity contribution in [1.82, 2.24) is 4.98 Å². The number of aromatic nitrogens is 1. The Bertz CT molecular complexity index is 1540. The molecule has 4 aromatic rings. The lowest BCUT2D eigenvalue weighted by atomic mass is 9.84. The largest absolute Gasteiger partial charge is 0.493 e. The summed E-state index contributed by atoms with van der Waals surface area (Å²) < 4.78 is 12.3. The molecule has 0 saturated carbocycles. The molecular weight excluding hydrogens is 452 g/mol. The van der Waals surface area contributed by atoms with Gasteiger partial charge in [0.25, 0.3) is 0 Å². The highest BCUT2D eigenvalue weighted by Crippen LogP contribution is 2.45. The SMILES string of the molecule is CC(=O)[C@@H](OC(C)(C)C)c1c(C)cc2cc(C(N)=O)ccc2c1-c1ccc2c3c(ccnc13)CCO2. The maximum absolute atomic E-state index is 13.0. The number of hydrogen-bond donors (Lipinski definition) is 1. The summed E-state index contributed by atoms with van der Waals surface area (Å²) >= 11 is 0. The van der Waals surface area contributed by atoms with E-state index in [4.69, 9.17) is 20.2 Å². The third-order valence-electron chi connectivity index (χ3n) is 6.61. The van der Waals surface area contributed by atoms with E-state index in [2.05, 4.69) is 0 Å². The maximum Gasteiger partial charge on any atom is 0.248 e. The van der Waals surface area contributed by atoms with Gasteiger partial charge in [0.05, 0.1) is 17.7 Å². The Morgan fingerprint density at radius 1 is 1.11 bits per heavy atom. The average Bonchev–Trinajstić information content (AvgIpc) is 2.81. The highest BCUT2D eigenvalue weighted by molar-refractivity contribution is 6.10. The first-order valence-electron chi connectivity index (χ1n) is 12.1. The second kappa shape index (κ2) is 8.71. The smallest absolute Gasteiger partial charge is 0.248 e. The normalized spacial score (nSPS) is 14.0. The van der Waals surface area contributed by atoms with Crippen LogP contribution in [0.5, 0.6) is 5.75 Å². The van der Waals surface area contributed by atoms with Gasteiger partial charge in [0, 0.05) is 29.1 Å². The van der Waals surface area contributed by atoms with E-state index in [0.717, 1.165) is 56.1 Å². The first kappa shape index (κ1) is 23.9. The molecule has 1 aromatic heterocycles. The van der Waals surface area contributed by atoms with Gasteiger partial charge in [0.15, 0.2) is 5.78 Å². The lowest BCUT2D eigenvalue weighted by molar-refractivity contribution is -0.138. The summed E-state index contributed by atoms with van der Waals surface area (Å²) in [5, 5.41) is 2.74. The van der Waals surface area contributed by atoms with Crippen LogP contribution in [0.2, 0.25) is 0 Å².